The monoisotopic (exact) mass is 446 g/mol. The number of aryl methyl sites for hydroxylation is 1. The highest BCUT2D eigenvalue weighted by molar-refractivity contribution is 7.89. The van der Waals surface area contributed by atoms with E-state index in [9.17, 15) is 13.2 Å². The molecule has 8 heteroatoms. The molecule has 2 atom stereocenters. The van der Waals surface area contributed by atoms with Crippen molar-refractivity contribution in [3.05, 3.63) is 59.7 Å². The Labute approximate surface area is 184 Å². The molecule has 2 aromatic rings. The van der Waals surface area contributed by atoms with E-state index in [1.807, 2.05) is 37.3 Å². The molecule has 1 amide bonds. The Morgan fingerprint density at radius 2 is 2.00 bits per heavy atom. The third-order valence-electron chi connectivity index (χ3n) is 5.18. The molecule has 1 aliphatic heterocycles. The van der Waals surface area contributed by atoms with Gasteiger partial charge in [-0.3, -0.25) is 4.79 Å². The standard InChI is InChI=1S/C23H30N2O5S/c1-3-29-22-12-11-20(14-17(22)2)31(27,28)25-21(15-18-8-5-4-6-9-18)23(26)24-16-19-10-7-13-30-19/h4-6,8-9,11-12,14,19,21,25H,3,7,10,13,15-16H2,1-2H3,(H,24,26)/t19-,21+/m0/s1. The minimum Gasteiger partial charge on any atom is -0.494 e. The Kier molecular flexibility index (Phi) is 8.06. The molecule has 0 spiro atoms. The minimum atomic E-state index is -3.91. The molecule has 2 aromatic carbocycles. The van der Waals surface area contributed by atoms with E-state index in [2.05, 4.69) is 10.0 Å². The lowest BCUT2D eigenvalue weighted by atomic mass is 10.1. The van der Waals surface area contributed by atoms with Gasteiger partial charge < -0.3 is 14.8 Å². The van der Waals surface area contributed by atoms with Gasteiger partial charge in [0.1, 0.15) is 11.8 Å². The van der Waals surface area contributed by atoms with Crippen molar-refractivity contribution in [1.29, 1.82) is 0 Å². The van der Waals surface area contributed by atoms with Gasteiger partial charge in [-0.2, -0.15) is 4.72 Å². The van der Waals surface area contributed by atoms with Crippen LogP contribution < -0.4 is 14.8 Å². The molecule has 1 fully saturated rings. The Hall–Kier alpha value is -2.42. The van der Waals surface area contributed by atoms with Crippen LogP contribution in [-0.2, 0) is 26.0 Å². The smallest absolute Gasteiger partial charge is 0.241 e. The molecule has 0 bridgehead atoms. The summed E-state index contributed by atoms with van der Waals surface area (Å²) in [4.78, 5) is 13.0. The van der Waals surface area contributed by atoms with E-state index in [1.54, 1.807) is 19.1 Å². The summed E-state index contributed by atoms with van der Waals surface area (Å²) in [6.07, 6.45) is 2.08. The number of sulfonamides is 1. The van der Waals surface area contributed by atoms with Crippen LogP contribution in [0.4, 0.5) is 0 Å². The van der Waals surface area contributed by atoms with Crippen LogP contribution in [0.25, 0.3) is 0 Å². The molecule has 31 heavy (non-hydrogen) atoms. The fourth-order valence-electron chi connectivity index (χ4n) is 3.54. The van der Waals surface area contributed by atoms with Gasteiger partial charge >= 0.3 is 0 Å². The molecule has 3 rings (SSSR count). The van der Waals surface area contributed by atoms with Crippen LogP contribution in [0.5, 0.6) is 5.75 Å². The molecular weight excluding hydrogens is 416 g/mol. The maximum Gasteiger partial charge on any atom is 0.241 e. The summed E-state index contributed by atoms with van der Waals surface area (Å²) in [5, 5.41) is 2.85. The first kappa shape index (κ1) is 23.2. The highest BCUT2D eigenvalue weighted by Gasteiger charge is 2.27. The summed E-state index contributed by atoms with van der Waals surface area (Å²) in [6.45, 7) is 5.22. The van der Waals surface area contributed by atoms with Crippen LogP contribution in [0, 0.1) is 6.92 Å². The normalized spacial score (nSPS) is 17.3. The molecule has 168 valence electrons. The molecule has 7 nitrogen and oxygen atoms in total. The Bertz CT molecular complexity index is 973. The van der Waals surface area contributed by atoms with Gasteiger partial charge in [-0.1, -0.05) is 30.3 Å². The van der Waals surface area contributed by atoms with Crippen molar-refractivity contribution in [3.8, 4) is 5.75 Å². The molecule has 1 aliphatic rings. The molecule has 0 radical (unpaired) electrons. The maximum absolute atomic E-state index is 13.1. The van der Waals surface area contributed by atoms with Crippen LogP contribution in [-0.4, -0.2) is 46.2 Å². The van der Waals surface area contributed by atoms with Gasteiger partial charge in [-0.05, 0) is 62.4 Å². The second-order valence-corrected chi connectivity index (χ2v) is 9.32. The number of ether oxygens (including phenoxy) is 2. The Balaban J connectivity index is 1.77. The number of rotatable bonds is 10. The molecular formula is C23H30N2O5S. The molecule has 0 aliphatic carbocycles. The third-order valence-corrected chi connectivity index (χ3v) is 6.65. The molecule has 0 saturated carbocycles. The fraction of sp³-hybridized carbons (Fsp3) is 0.435. The zero-order valence-electron chi connectivity index (χ0n) is 18.0. The first-order valence-electron chi connectivity index (χ1n) is 10.6. The average molecular weight is 447 g/mol. The van der Waals surface area contributed by atoms with Gasteiger partial charge in [0, 0.05) is 13.2 Å². The predicted molar refractivity (Wildman–Crippen MR) is 119 cm³/mol. The number of nitrogens with one attached hydrogen (secondary N) is 2. The molecule has 0 aromatic heterocycles. The van der Waals surface area contributed by atoms with Crippen molar-refractivity contribution in [3.63, 3.8) is 0 Å². The van der Waals surface area contributed by atoms with Crippen molar-refractivity contribution in [2.75, 3.05) is 19.8 Å². The van der Waals surface area contributed by atoms with Crippen molar-refractivity contribution in [2.45, 2.75) is 50.2 Å². The van der Waals surface area contributed by atoms with Gasteiger partial charge in [-0.25, -0.2) is 8.42 Å². The Morgan fingerprint density at radius 1 is 1.23 bits per heavy atom. The van der Waals surface area contributed by atoms with E-state index < -0.39 is 16.1 Å². The summed E-state index contributed by atoms with van der Waals surface area (Å²) in [5.41, 5.74) is 1.58. The molecule has 1 heterocycles. The third kappa shape index (κ3) is 6.53. The fourth-order valence-corrected chi connectivity index (χ4v) is 4.82. The highest BCUT2D eigenvalue weighted by Crippen LogP contribution is 2.22. The minimum absolute atomic E-state index is 0.0216. The van der Waals surface area contributed by atoms with E-state index in [0.29, 0.717) is 31.1 Å². The van der Waals surface area contributed by atoms with Gasteiger partial charge in [0.25, 0.3) is 0 Å². The quantitative estimate of drug-likeness (QED) is 0.585. The summed E-state index contributed by atoms with van der Waals surface area (Å²) < 4.78 is 39.8. The number of carbonyl (C=O) groups excluding carboxylic acids is 1. The van der Waals surface area contributed by atoms with Gasteiger partial charge in [-0.15, -0.1) is 0 Å². The first-order valence-corrected chi connectivity index (χ1v) is 12.1. The summed E-state index contributed by atoms with van der Waals surface area (Å²) in [6, 6.07) is 13.1. The number of hydrogen-bond donors (Lipinski definition) is 2. The van der Waals surface area contributed by atoms with Crippen LogP contribution >= 0.6 is 0 Å². The van der Waals surface area contributed by atoms with Gasteiger partial charge in [0.05, 0.1) is 17.6 Å². The lowest BCUT2D eigenvalue weighted by molar-refractivity contribution is -0.123. The van der Waals surface area contributed by atoms with E-state index in [1.165, 1.54) is 6.07 Å². The summed E-state index contributed by atoms with van der Waals surface area (Å²) in [7, 11) is -3.91. The van der Waals surface area contributed by atoms with Gasteiger partial charge in [0.2, 0.25) is 15.9 Å². The predicted octanol–water partition coefficient (Wildman–Crippen LogP) is 2.58. The Morgan fingerprint density at radius 3 is 2.65 bits per heavy atom. The molecule has 0 unspecified atom stereocenters. The lowest BCUT2D eigenvalue weighted by Crippen LogP contribution is -2.49. The number of amides is 1. The maximum atomic E-state index is 13.1. The van der Waals surface area contributed by atoms with Crippen LogP contribution in [0.1, 0.15) is 30.9 Å². The molecule has 2 N–H and O–H groups in total. The van der Waals surface area contributed by atoms with Crippen LogP contribution in [0.15, 0.2) is 53.4 Å². The van der Waals surface area contributed by atoms with E-state index >= 15 is 0 Å². The zero-order valence-corrected chi connectivity index (χ0v) is 18.8. The number of carbonyl (C=O) groups is 1. The summed E-state index contributed by atoms with van der Waals surface area (Å²) >= 11 is 0. The molecule has 1 saturated heterocycles. The van der Waals surface area contributed by atoms with Crippen molar-refractivity contribution in [2.24, 2.45) is 0 Å². The largest absolute Gasteiger partial charge is 0.494 e. The lowest BCUT2D eigenvalue weighted by Gasteiger charge is -2.20. The van der Waals surface area contributed by atoms with E-state index in [0.717, 1.165) is 18.4 Å². The second-order valence-electron chi connectivity index (χ2n) is 7.60. The second kappa shape index (κ2) is 10.7. The first-order chi connectivity index (χ1) is 14.9. The topological polar surface area (TPSA) is 93.7 Å². The van der Waals surface area contributed by atoms with Crippen molar-refractivity contribution >= 4 is 15.9 Å². The zero-order chi connectivity index (χ0) is 22.3. The van der Waals surface area contributed by atoms with E-state index in [4.69, 9.17) is 9.47 Å². The summed E-state index contributed by atoms with van der Waals surface area (Å²) in [5.74, 6) is 0.266. The van der Waals surface area contributed by atoms with Gasteiger partial charge in [0.15, 0.2) is 0 Å². The van der Waals surface area contributed by atoms with Crippen LogP contribution in [0.3, 0.4) is 0 Å². The van der Waals surface area contributed by atoms with Crippen molar-refractivity contribution < 1.29 is 22.7 Å². The van der Waals surface area contributed by atoms with Crippen molar-refractivity contribution in [1.82, 2.24) is 10.0 Å². The van der Waals surface area contributed by atoms with Crippen LogP contribution in [0.2, 0.25) is 0 Å². The number of hydrogen-bond acceptors (Lipinski definition) is 5. The van der Waals surface area contributed by atoms with E-state index in [-0.39, 0.29) is 23.3 Å². The average Bonchev–Trinajstić information content (AvgIpc) is 3.27. The highest BCUT2D eigenvalue weighted by atomic mass is 32.2. The number of benzene rings is 2. The SMILES string of the molecule is CCOc1ccc(S(=O)(=O)N[C@H](Cc2ccccc2)C(=O)NC[C@@H]2CCCO2)cc1C.